The molecule has 0 unspecified atom stereocenters. The summed E-state index contributed by atoms with van der Waals surface area (Å²) >= 11 is 1.57. The third-order valence-electron chi connectivity index (χ3n) is 1.81. The molecule has 0 spiro atoms. The summed E-state index contributed by atoms with van der Waals surface area (Å²) in [5, 5.41) is 0. The molecule has 1 amide bonds. The minimum Gasteiger partial charge on any atom is -0.369 e. The van der Waals surface area contributed by atoms with Gasteiger partial charge in [-0.2, -0.15) is 0 Å². The van der Waals surface area contributed by atoms with E-state index in [1.165, 1.54) is 0 Å². The molecule has 2 N–H and O–H groups in total. The summed E-state index contributed by atoms with van der Waals surface area (Å²) in [6, 6.07) is 5.78. The van der Waals surface area contributed by atoms with Crippen molar-refractivity contribution in [2.45, 2.75) is 6.42 Å². The Morgan fingerprint density at radius 3 is 3.15 bits per heavy atom. The van der Waals surface area contributed by atoms with Crippen LogP contribution in [0, 0.1) is 0 Å². The number of para-hydroxylation sites is 1. The Morgan fingerprint density at radius 1 is 1.54 bits per heavy atom. The monoisotopic (exact) mass is 192 g/mol. The third kappa shape index (κ3) is 1.53. The number of nitrogens with two attached hydrogens (primary N) is 1. The standard InChI is InChI=1S/C9H8N2OS/c10-8(12)4-6-2-1-3-7-9(6)11-5-13-7/h1-3,5H,4H2,(H2,10,12). The molecule has 0 aliphatic carbocycles. The number of fused-ring (bicyclic) bond motifs is 1. The molecular weight excluding hydrogens is 184 g/mol. The van der Waals surface area contributed by atoms with E-state index < -0.39 is 0 Å². The molecule has 0 radical (unpaired) electrons. The van der Waals surface area contributed by atoms with Gasteiger partial charge < -0.3 is 5.73 Å². The van der Waals surface area contributed by atoms with Crippen molar-refractivity contribution in [1.82, 2.24) is 4.98 Å². The fourth-order valence-electron chi connectivity index (χ4n) is 1.28. The first-order valence-corrected chi connectivity index (χ1v) is 4.75. The number of hydrogen-bond acceptors (Lipinski definition) is 3. The van der Waals surface area contributed by atoms with Crippen molar-refractivity contribution in [2.24, 2.45) is 5.73 Å². The summed E-state index contributed by atoms with van der Waals surface area (Å²) in [5.41, 5.74) is 8.70. The summed E-state index contributed by atoms with van der Waals surface area (Å²) in [4.78, 5) is 14.9. The first kappa shape index (κ1) is 8.19. The normalized spacial score (nSPS) is 10.5. The van der Waals surface area contributed by atoms with Crippen molar-refractivity contribution in [3.05, 3.63) is 29.3 Å². The summed E-state index contributed by atoms with van der Waals surface area (Å²) < 4.78 is 1.10. The number of hydrogen-bond donors (Lipinski definition) is 1. The van der Waals surface area contributed by atoms with Gasteiger partial charge in [-0.15, -0.1) is 11.3 Å². The lowest BCUT2D eigenvalue weighted by molar-refractivity contribution is -0.117. The number of thiazole rings is 1. The van der Waals surface area contributed by atoms with Gasteiger partial charge >= 0.3 is 0 Å². The minimum absolute atomic E-state index is 0.265. The average Bonchev–Trinajstić information content (AvgIpc) is 2.51. The van der Waals surface area contributed by atoms with Crippen LogP contribution in [-0.2, 0) is 11.2 Å². The van der Waals surface area contributed by atoms with Crippen LogP contribution >= 0.6 is 11.3 Å². The van der Waals surface area contributed by atoms with Gasteiger partial charge in [-0.05, 0) is 11.6 Å². The van der Waals surface area contributed by atoms with Gasteiger partial charge in [0.05, 0.1) is 22.1 Å². The lowest BCUT2D eigenvalue weighted by atomic mass is 10.1. The number of nitrogens with zero attached hydrogens (tertiary/aromatic N) is 1. The van der Waals surface area contributed by atoms with Crippen molar-refractivity contribution >= 4 is 27.5 Å². The van der Waals surface area contributed by atoms with Gasteiger partial charge in [-0.25, -0.2) is 4.98 Å². The van der Waals surface area contributed by atoms with Crippen molar-refractivity contribution in [1.29, 1.82) is 0 Å². The largest absolute Gasteiger partial charge is 0.369 e. The Morgan fingerprint density at radius 2 is 2.38 bits per heavy atom. The first-order chi connectivity index (χ1) is 6.27. The van der Waals surface area contributed by atoms with E-state index in [1.54, 1.807) is 16.8 Å². The molecule has 66 valence electrons. The van der Waals surface area contributed by atoms with Gasteiger partial charge in [0.15, 0.2) is 0 Å². The SMILES string of the molecule is NC(=O)Cc1cccc2scnc12. The molecule has 2 aromatic rings. The summed E-state index contributed by atoms with van der Waals surface area (Å²) in [5.74, 6) is -0.319. The van der Waals surface area contributed by atoms with Crippen LogP contribution < -0.4 is 5.73 Å². The van der Waals surface area contributed by atoms with Gasteiger partial charge in [0.1, 0.15) is 0 Å². The van der Waals surface area contributed by atoms with Crippen LogP contribution in [0.4, 0.5) is 0 Å². The Kier molecular flexibility index (Phi) is 1.98. The Hall–Kier alpha value is -1.42. The van der Waals surface area contributed by atoms with Gasteiger partial charge in [0.2, 0.25) is 5.91 Å². The maximum atomic E-state index is 10.7. The van der Waals surface area contributed by atoms with Crippen molar-refractivity contribution in [3.8, 4) is 0 Å². The summed E-state index contributed by atoms with van der Waals surface area (Å²) in [7, 11) is 0. The molecule has 0 aliphatic heterocycles. The molecule has 4 heteroatoms. The molecule has 1 heterocycles. The Labute approximate surface area is 79.2 Å². The van der Waals surface area contributed by atoms with E-state index in [0.29, 0.717) is 0 Å². The zero-order chi connectivity index (χ0) is 9.26. The number of rotatable bonds is 2. The van der Waals surface area contributed by atoms with Crippen molar-refractivity contribution in [3.63, 3.8) is 0 Å². The first-order valence-electron chi connectivity index (χ1n) is 3.87. The number of aromatic nitrogens is 1. The summed E-state index contributed by atoms with van der Waals surface area (Å²) in [6.45, 7) is 0. The van der Waals surface area contributed by atoms with Crippen LogP contribution in [-0.4, -0.2) is 10.9 Å². The molecule has 13 heavy (non-hydrogen) atoms. The molecule has 3 nitrogen and oxygen atoms in total. The highest BCUT2D eigenvalue weighted by Crippen LogP contribution is 2.21. The minimum atomic E-state index is -0.319. The lowest BCUT2D eigenvalue weighted by Crippen LogP contribution is -2.13. The van der Waals surface area contributed by atoms with Crippen LogP contribution in [0.2, 0.25) is 0 Å². The second-order valence-corrected chi connectivity index (χ2v) is 3.65. The quantitative estimate of drug-likeness (QED) is 0.780. The van der Waals surface area contributed by atoms with Crippen LogP contribution in [0.25, 0.3) is 10.2 Å². The molecule has 0 bridgehead atoms. The van der Waals surface area contributed by atoms with Crippen molar-refractivity contribution in [2.75, 3.05) is 0 Å². The number of carbonyl (C=O) groups is 1. The molecule has 1 aromatic heterocycles. The van der Waals surface area contributed by atoms with Crippen LogP contribution in [0.1, 0.15) is 5.56 Å². The fourth-order valence-corrected chi connectivity index (χ4v) is 2.00. The zero-order valence-electron chi connectivity index (χ0n) is 6.86. The fraction of sp³-hybridized carbons (Fsp3) is 0.111. The Bertz CT molecular complexity index is 450. The topological polar surface area (TPSA) is 56.0 Å². The number of benzene rings is 1. The second kappa shape index (κ2) is 3.14. The van der Waals surface area contributed by atoms with E-state index >= 15 is 0 Å². The average molecular weight is 192 g/mol. The lowest BCUT2D eigenvalue weighted by Gasteiger charge is -1.97. The van der Waals surface area contributed by atoms with E-state index in [9.17, 15) is 4.79 Å². The highest BCUT2D eigenvalue weighted by atomic mass is 32.1. The van der Waals surface area contributed by atoms with Crippen LogP contribution in [0.15, 0.2) is 23.7 Å². The second-order valence-electron chi connectivity index (χ2n) is 2.76. The highest BCUT2D eigenvalue weighted by molar-refractivity contribution is 7.16. The van der Waals surface area contributed by atoms with Gasteiger partial charge in [0, 0.05) is 0 Å². The number of carbonyl (C=O) groups excluding carboxylic acids is 1. The molecular formula is C9H8N2OS. The zero-order valence-corrected chi connectivity index (χ0v) is 7.67. The molecule has 0 saturated carbocycles. The Balaban J connectivity index is 2.54. The van der Waals surface area contributed by atoms with E-state index in [-0.39, 0.29) is 12.3 Å². The molecule has 0 atom stereocenters. The van der Waals surface area contributed by atoms with E-state index in [1.807, 2.05) is 18.2 Å². The summed E-state index contributed by atoms with van der Waals surface area (Å²) in [6.07, 6.45) is 0.265. The molecule has 0 aliphatic rings. The molecule has 2 rings (SSSR count). The van der Waals surface area contributed by atoms with Crippen LogP contribution in [0.5, 0.6) is 0 Å². The number of primary amides is 1. The van der Waals surface area contributed by atoms with E-state index in [4.69, 9.17) is 5.73 Å². The predicted molar refractivity (Wildman–Crippen MR) is 52.5 cm³/mol. The van der Waals surface area contributed by atoms with Gasteiger partial charge in [0.25, 0.3) is 0 Å². The van der Waals surface area contributed by atoms with Gasteiger partial charge in [-0.1, -0.05) is 12.1 Å². The smallest absolute Gasteiger partial charge is 0.221 e. The maximum absolute atomic E-state index is 10.7. The predicted octanol–water partition coefficient (Wildman–Crippen LogP) is 1.32. The highest BCUT2D eigenvalue weighted by Gasteiger charge is 2.05. The molecule has 0 saturated heterocycles. The van der Waals surface area contributed by atoms with E-state index in [0.717, 1.165) is 15.8 Å². The maximum Gasteiger partial charge on any atom is 0.221 e. The number of amides is 1. The van der Waals surface area contributed by atoms with E-state index in [2.05, 4.69) is 4.98 Å². The molecule has 1 aromatic carbocycles. The third-order valence-corrected chi connectivity index (χ3v) is 2.60. The molecule has 0 fully saturated rings. The van der Waals surface area contributed by atoms with Crippen molar-refractivity contribution < 1.29 is 4.79 Å². The van der Waals surface area contributed by atoms with Gasteiger partial charge in [-0.3, -0.25) is 4.79 Å². The van der Waals surface area contributed by atoms with Crippen LogP contribution in [0.3, 0.4) is 0 Å².